The van der Waals surface area contributed by atoms with Gasteiger partial charge >= 0.3 is 0 Å². The monoisotopic (exact) mass is 507 g/mol. The number of hydrogen-bond donors (Lipinski definition) is 1. The summed E-state index contributed by atoms with van der Waals surface area (Å²) >= 11 is 0. The maximum Gasteiger partial charge on any atom is 0.241 e. The number of carbonyl (C=O) groups is 1. The molecule has 1 atom stereocenters. The summed E-state index contributed by atoms with van der Waals surface area (Å²) in [6.07, 6.45) is 0.281. The van der Waals surface area contributed by atoms with Crippen molar-refractivity contribution >= 4 is 15.9 Å². The number of benzene rings is 3. The van der Waals surface area contributed by atoms with E-state index in [1.165, 1.54) is 12.1 Å². The van der Waals surface area contributed by atoms with E-state index in [0.29, 0.717) is 26.2 Å². The van der Waals surface area contributed by atoms with Gasteiger partial charge in [-0.2, -0.15) is 4.72 Å². The molecule has 1 fully saturated rings. The Balaban J connectivity index is 1.25. The van der Waals surface area contributed by atoms with Crippen molar-refractivity contribution in [2.75, 3.05) is 33.0 Å². The van der Waals surface area contributed by atoms with Crippen molar-refractivity contribution in [3.05, 3.63) is 90.0 Å². The van der Waals surface area contributed by atoms with Crippen LogP contribution in [-0.2, 0) is 27.8 Å². The van der Waals surface area contributed by atoms with Crippen LogP contribution < -0.4 is 14.2 Å². The molecular formula is C27H29N3O5S. The number of ether oxygens (including phenoxy) is 2. The van der Waals surface area contributed by atoms with Crippen LogP contribution >= 0.6 is 0 Å². The molecule has 0 aromatic heterocycles. The summed E-state index contributed by atoms with van der Waals surface area (Å²) in [5.41, 5.74) is 2.02. The number of carbonyl (C=O) groups excluding carboxylic acids is 1. The van der Waals surface area contributed by atoms with Crippen LogP contribution in [0.25, 0.3) is 0 Å². The maximum absolute atomic E-state index is 13.6. The van der Waals surface area contributed by atoms with Crippen molar-refractivity contribution < 1.29 is 22.7 Å². The Bertz CT molecular complexity index is 1290. The van der Waals surface area contributed by atoms with Gasteiger partial charge in [-0.1, -0.05) is 54.6 Å². The number of nitrogens with zero attached hydrogens (tertiary/aromatic N) is 2. The molecule has 2 aliphatic rings. The molecule has 2 heterocycles. The molecule has 188 valence electrons. The maximum atomic E-state index is 13.6. The van der Waals surface area contributed by atoms with Gasteiger partial charge in [0.1, 0.15) is 6.04 Å². The molecule has 3 aromatic carbocycles. The third-order valence-corrected chi connectivity index (χ3v) is 7.95. The molecule has 8 nitrogen and oxygen atoms in total. The lowest BCUT2D eigenvalue weighted by atomic mass is 10.1. The van der Waals surface area contributed by atoms with Gasteiger partial charge < -0.3 is 14.4 Å². The van der Waals surface area contributed by atoms with E-state index in [4.69, 9.17) is 9.47 Å². The van der Waals surface area contributed by atoms with Gasteiger partial charge in [0.15, 0.2) is 11.5 Å². The number of piperazine rings is 1. The molecule has 2 aliphatic heterocycles. The molecule has 0 unspecified atom stereocenters. The number of hydrogen-bond acceptors (Lipinski definition) is 6. The largest absolute Gasteiger partial charge is 0.454 e. The standard InChI is InChI=1S/C27H29N3O5S/c31-27(30-15-13-29(14-16-30)19-22-11-12-25-26(18-22)35-20-34-25)24(17-21-7-3-1-4-8-21)28-36(32,33)23-9-5-2-6-10-23/h1-12,18,24,28H,13-17,19-20H2/t24-/m1/s1. The quantitative estimate of drug-likeness (QED) is 0.505. The summed E-state index contributed by atoms with van der Waals surface area (Å²) in [6, 6.07) is 22.7. The fraction of sp³-hybridized carbons (Fsp3) is 0.296. The van der Waals surface area contributed by atoms with Crippen LogP contribution in [0.5, 0.6) is 11.5 Å². The molecule has 0 aliphatic carbocycles. The molecule has 0 radical (unpaired) electrons. The van der Waals surface area contributed by atoms with E-state index < -0.39 is 16.1 Å². The van der Waals surface area contributed by atoms with E-state index in [1.807, 2.05) is 48.5 Å². The fourth-order valence-electron chi connectivity index (χ4n) is 4.53. The second-order valence-corrected chi connectivity index (χ2v) is 10.7. The van der Waals surface area contributed by atoms with Gasteiger partial charge in [0.25, 0.3) is 0 Å². The number of fused-ring (bicyclic) bond motifs is 1. The first-order valence-electron chi connectivity index (χ1n) is 12.0. The van der Waals surface area contributed by atoms with E-state index in [2.05, 4.69) is 9.62 Å². The molecule has 0 bridgehead atoms. The van der Waals surface area contributed by atoms with Gasteiger partial charge in [-0.25, -0.2) is 8.42 Å². The topological polar surface area (TPSA) is 88.2 Å². The van der Waals surface area contributed by atoms with Crippen LogP contribution in [0.3, 0.4) is 0 Å². The Labute approximate surface area is 211 Å². The van der Waals surface area contributed by atoms with Crippen molar-refractivity contribution in [2.24, 2.45) is 0 Å². The molecule has 36 heavy (non-hydrogen) atoms. The molecule has 1 saturated heterocycles. The van der Waals surface area contributed by atoms with Crippen LogP contribution in [0.1, 0.15) is 11.1 Å². The fourth-order valence-corrected chi connectivity index (χ4v) is 5.74. The zero-order valence-electron chi connectivity index (χ0n) is 19.9. The predicted octanol–water partition coefficient (Wildman–Crippen LogP) is 2.65. The first-order valence-corrected chi connectivity index (χ1v) is 13.5. The zero-order valence-corrected chi connectivity index (χ0v) is 20.7. The summed E-state index contributed by atoms with van der Waals surface area (Å²) in [6.45, 7) is 3.45. The third-order valence-electron chi connectivity index (χ3n) is 6.46. The summed E-state index contributed by atoms with van der Waals surface area (Å²) in [7, 11) is -3.85. The highest BCUT2D eigenvalue weighted by atomic mass is 32.2. The number of nitrogens with one attached hydrogen (secondary N) is 1. The highest BCUT2D eigenvalue weighted by Crippen LogP contribution is 2.32. The molecule has 9 heteroatoms. The second kappa shape index (κ2) is 10.7. The number of rotatable bonds is 8. The first-order chi connectivity index (χ1) is 17.5. The predicted molar refractivity (Wildman–Crippen MR) is 135 cm³/mol. The van der Waals surface area contributed by atoms with Crippen LogP contribution in [-0.4, -0.2) is 63.1 Å². The van der Waals surface area contributed by atoms with Gasteiger partial charge in [-0.05, 0) is 41.8 Å². The Hall–Kier alpha value is -3.40. The van der Waals surface area contributed by atoms with E-state index >= 15 is 0 Å². The molecule has 0 saturated carbocycles. The summed E-state index contributed by atoms with van der Waals surface area (Å²) in [5.74, 6) is 1.31. The van der Waals surface area contributed by atoms with E-state index in [0.717, 1.165) is 29.2 Å². The smallest absolute Gasteiger partial charge is 0.241 e. The lowest BCUT2D eigenvalue weighted by molar-refractivity contribution is -0.134. The van der Waals surface area contributed by atoms with Crippen molar-refractivity contribution in [1.29, 1.82) is 0 Å². The molecule has 0 spiro atoms. The van der Waals surface area contributed by atoms with E-state index in [-0.39, 0.29) is 24.0 Å². The highest BCUT2D eigenvalue weighted by Gasteiger charge is 2.31. The third kappa shape index (κ3) is 5.70. The Morgan fingerprint density at radius 2 is 1.50 bits per heavy atom. The van der Waals surface area contributed by atoms with Gasteiger partial charge in [0.05, 0.1) is 4.90 Å². The number of sulfonamides is 1. The number of amides is 1. The SMILES string of the molecule is O=C([C@@H](Cc1ccccc1)NS(=O)(=O)c1ccccc1)N1CCN(Cc2ccc3c(c2)OCO3)CC1. The van der Waals surface area contributed by atoms with Crippen LogP contribution in [0.4, 0.5) is 0 Å². The lowest BCUT2D eigenvalue weighted by Gasteiger charge is -2.36. The molecular weight excluding hydrogens is 478 g/mol. The molecule has 5 rings (SSSR count). The second-order valence-electron chi connectivity index (χ2n) is 8.97. The van der Waals surface area contributed by atoms with Crippen molar-refractivity contribution in [1.82, 2.24) is 14.5 Å². The Morgan fingerprint density at radius 1 is 0.833 bits per heavy atom. The van der Waals surface area contributed by atoms with Crippen molar-refractivity contribution in [3.8, 4) is 11.5 Å². The van der Waals surface area contributed by atoms with Crippen LogP contribution in [0.15, 0.2) is 83.8 Å². The van der Waals surface area contributed by atoms with Gasteiger partial charge in [0.2, 0.25) is 22.7 Å². The Morgan fingerprint density at radius 3 is 2.22 bits per heavy atom. The lowest BCUT2D eigenvalue weighted by Crippen LogP contribution is -2.55. The van der Waals surface area contributed by atoms with E-state index in [9.17, 15) is 13.2 Å². The average molecular weight is 508 g/mol. The summed E-state index contributed by atoms with van der Waals surface area (Å²) in [5, 5.41) is 0. The van der Waals surface area contributed by atoms with Crippen molar-refractivity contribution in [3.63, 3.8) is 0 Å². The highest BCUT2D eigenvalue weighted by molar-refractivity contribution is 7.89. The van der Waals surface area contributed by atoms with Crippen LogP contribution in [0.2, 0.25) is 0 Å². The summed E-state index contributed by atoms with van der Waals surface area (Å²) in [4.78, 5) is 17.7. The van der Waals surface area contributed by atoms with Gasteiger partial charge in [0, 0.05) is 32.7 Å². The molecule has 3 aromatic rings. The summed E-state index contributed by atoms with van der Waals surface area (Å²) < 4.78 is 39.6. The molecule has 1 N–H and O–H groups in total. The van der Waals surface area contributed by atoms with Gasteiger partial charge in [-0.15, -0.1) is 0 Å². The minimum Gasteiger partial charge on any atom is -0.454 e. The van der Waals surface area contributed by atoms with E-state index in [1.54, 1.807) is 23.1 Å². The molecule has 1 amide bonds. The normalized spacial score (nSPS) is 16.6. The zero-order chi connectivity index (χ0) is 25.0. The van der Waals surface area contributed by atoms with Crippen LogP contribution in [0, 0.1) is 0 Å². The van der Waals surface area contributed by atoms with Crippen molar-refractivity contribution in [2.45, 2.75) is 23.9 Å². The average Bonchev–Trinajstić information content (AvgIpc) is 3.37. The minimum atomic E-state index is -3.85. The Kier molecular flexibility index (Phi) is 7.22. The van der Waals surface area contributed by atoms with Gasteiger partial charge in [-0.3, -0.25) is 9.69 Å². The first kappa shape index (κ1) is 24.3. The minimum absolute atomic E-state index is 0.143.